The molecule has 3 rings (SSSR count). The van der Waals surface area contributed by atoms with Crippen molar-refractivity contribution in [2.24, 2.45) is 4.99 Å². The molecule has 0 radical (unpaired) electrons. The SMILES string of the molecule is CN=C(NCCCc1c[nH]c2ccccc12)N(C)Cc1ccccc1OC. The van der Waals surface area contributed by atoms with E-state index in [1.54, 1.807) is 7.11 Å². The summed E-state index contributed by atoms with van der Waals surface area (Å²) in [7, 11) is 5.57. The number of H-pyrrole nitrogens is 1. The summed E-state index contributed by atoms with van der Waals surface area (Å²) >= 11 is 0. The van der Waals surface area contributed by atoms with Gasteiger partial charge in [-0.15, -0.1) is 0 Å². The van der Waals surface area contributed by atoms with Crippen LogP contribution in [0.2, 0.25) is 0 Å². The molecule has 0 aliphatic rings. The predicted molar refractivity (Wildman–Crippen MR) is 112 cm³/mol. The zero-order valence-corrected chi connectivity index (χ0v) is 16.3. The number of nitrogens with zero attached hydrogens (tertiary/aromatic N) is 2. The Bertz CT molecular complexity index is 900. The van der Waals surface area contributed by atoms with Crippen LogP contribution in [0.5, 0.6) is 5.75 Å². The number of nitrogens with one attached hydrogen (secondary N) is 2. The van der Waals surface area contributed by atoms with E-state index < -0.39 is 0 Å². The van der Waals surface area contributed by atoms with Crippen LogP contribution in [0, 0.1) is 0 Å². The summed E-state index contributed by atoms with van der Waals surface area (Å²) in [6.45, 7) is 1.62. The van der Waals surface area contributed by atoms with Crippen LogP contribution in [0.1, 0.15) is 17.5 Å². The molecule has 0 unspecified atom stereocenters. The molecule has 0 spiro atoms. The minimum atomic E-state index is 0.742. The summed E-state index contributed by atoms with van der Waals surface area (Å²) in [5.41, 5.74) is 3.71. The quantitative estimate of drug-likeness (QED) is 0.381. The van der Waals surface area contributed by atoms with Gasteiger partial charge in [-0.3, -0.25) is 4.99 Å². The number of aromatic amines is 1. The summed E-state index contributed by atoms with van der Waals surface area (Å²) in [5.74, 6) is 1.79. The highest BCUT2D eigenvalue weighted by Gasteiger charge is 2.10. The number of aromatic nitrogens is 1. The minimum Gasteiger partial charge on any atom is -0.496 e. The number of hydrogen-bond donors (Lipinski definition) is 2. The molecule has 2 aromatic carbocycles. The molecule has 2 N–H and O–H groups in total. The molecule has 27 heavy (non-hydrogen) atoms. The second kappa shape index (κ2) is 9.12. The van der Waals surface area contributed by atoms with Gasteiger partial charge < -0.3 is 19.9 Å². The van der Waals surface area contributed by atoms with Crippen LogP contribution >= 0.6 is 0 Å². The van der Waals surface area contributed by atoms with E-state index in [1.165, 1.54) is 16.5 Å². The smallest absolute Gasteiger partial charge is 0.193 e. The van der Waals surface area contributed by atoms with Gasteiger partial charge in [0.05, 0.1) is 7.11 Å². The topological polar surface area (TPSA) is 52.7 Å². The van der Waals surface area contributed by atoms with Crippen molar-refractivity contribution in [2.45, 2.75) is 19.4 Å². The van der Waals surface area contributed by atoms with Crippen molar-refractivity contribution in [3.05, 3.63) is 65.9 Å². The lowest BCUT2D eigenvalue weighted by molar-refractivity contribution is 0.396. The van der Waals surface area contributed by atoms with Crippen molar-refractivity contribution in [3.8, 4) is 5.75 Å². The van der Waals surface area contributed by atoms with Crippen molar-refractivity contribution in [1.82, 2.24) is 15.2 Å². The van der Waals surface area contributed by atoms with Crippen LogP contribution in [0.3, 0.4) is 0 Å². The van der Waals surface area contributed by atoms with Gasteiger partial charge in [0, 0.05) is 49.8 Å². The van der Waals surface area contributed by atoms with Crippen LogP contribution in [-0.2, 0) is 13.0 Å². The van der Waals surface area contributed by atoms with Crippen LogP contribution in [0.4, 0.5) is 0 Å². The summed E-state index contributed by atoms with van der Waals surface area (Å²) in [6, 6.07) is 16.5. The Morgan fingerprint density at radius 3 is 2.70 bits per heavy atom. The van der Waals surface area contributed by atoms with E-state index in [0.29, 0.717) is 0 Å². The second-order valence-electron chi connectivity index (χ2n) is 6.60. The average Bonchev–Trinajstić information content (AvgIpc) is 3.11. The molecular formula is C22H28N4O. The number of benzene rings is 2. The number of fused-ring (bicyclic) bond motifs is 1. The van der Waals surface area contributed by atoms with Crippen LogP contribution in [0.15, 0.2) is 59.7 Å². The molecule has 3 aromatic rings. The van der Waals surface area contributed by atoms with Gasteiger partial charge in [0.2, 0.25) is 0 Å². The Morgan fingerprint density at radius 1 is 1.11 bits per heavy atom. The van der Waals surface area contributed by atoms with E-state index in [0.717, 1.165) is 43.2 Å². The molecule has 1 heterocycles. The first-order valence-corrected chi connectivity index (χ1v) is 9.31. The average molecular weight is 364 g/mol. The molecule has 0 saturated heterocycles. The summed E-state index contributed by atoms with van der Waals surface area (Å²) in [5, 5.41) is 4.78. The van der Waals surface area contributed by atoms with Crippen LogP contribution < -0.4 is 10.1 Å². The van der Waals surface area contributed by atoms with E-state index in [-0.39, 0.29) is 0 Å². The summed E-state index contributed by atoms with van der Waals surface area (Å²) in [4.78, 5) is 9.86. The zero-order chi connectivity index (χ0) is 19.1. The molecule has 0 aliphatic heterocycles. The van der Waals surface area contributed by atoms with Gasteiger partial charge in [-0.05, 0) is 30.5 Å². The lowest BCUT2D eigenvalue weighted by atomic mass is 10.1. The number of guanidine groups is 1. The number of ether oxygens (including phenoxy) is 1. The van der Waals surface area contributed by atoms with Crippen molar-refractivity contribution in [2.75, 3.05) is 27.7 Å². The normalized spacial score (nSPS) is 11.6. The molecule has 0 bridgehead atoms. The number of methoxy groups -OCH3 is 1. The largest absolute Gasteiger partial charge is 0.496 e. The molecule has 0 saturated carbocycles. The maximum Gasteiger partial charge on any atom is 0.193 e. The Kier molecular flexibility index (Phi) is 6.36. The third kappa shape index (κ3) is 4.61. The monoisotopic (exact) mass is 364 g/mol. The Hall–Kier alpha value is -2.95. The van der Waals surface area contributed by atoms with E-state index in [9.17, 15) is 0 Å². The van der Waals surface area contributed by atoms with E-state index in [2.05, 4.69) is 56.7 Å². The number of rotatable bonds is 7. The first-order chi connectivity index (χ1) is 13.2. The molecule has 0 fully saturated rings. The van der Waals surface area contributed by atoms with Crippen LogP contribution in [0.25, 0.3) is 10.9 Å². The van der Waals surface area contributed by atoms with E-state index in [4.69, 9.17) is 4.74 Å². The number of para-hydroxylation sites is 2. The van der Waals surface area contributed by atoms with Gasteiger partial charge in [0.1, 0.15) is 5.75 Å². The van der Waals surface area contributed by atoms with Gasteiger partial charge in [0.15, 0.2) is 5.96 Å². The molecule has 0 aliphatic carbocycles. The summed E-state index contributed by atoms with van der Waals surface area (Å²) in [6.07, 6.45) is 4.20. The molecule has 0 atom stereocenters. The van der Waals surface area contributed by atoms with Crippen molar-refractivity contribution in [1.29, 1.82) is 0 Å². The van der Waals surface area contributed by atoms with Gasteiger partial charge >= 0.3 is 0 Å². The van der Waals surface area contributed by atoms with Gasteiger partial charge in [-0.2, -0.15) is 0 Å². The van der Waals surface area contributed by atoms with E-state index in [1.807, 2.05) is 32.3 Å². The third-order valence-corrected chi connectivity index (χ3v) is 4.75. The predicted octanol–water partition coefficient (Wildman–Crippen LogP) is 3.82. The fourth-order valence-corrected chi connectivity index (χ4v) is 3.37. The highest BCUT2D eigenvalue weighted by atomic mass is 16.5. The lowest BCUT2D eigenvalue weighted by Crippen LogP contribution is -2.39. The van der Waals surface area contributed by atoms with Gasteiger partial charge in [0.25, 0.3) is 0 Å². The maximum absolute atomic E-state index is 5.44. The fourth-order valence-electron chi connectivity index (χ4n) is 3.37. The van der Waals surface area contributed by atoms with E-state index >= 15 is 0 Å². The number of hydrogen-bond acceptors (Lipinski definition) is 2. The molecule has 5 heteroatoms. The van der Waals surface area contributed by atoms with Crippen LogP contribution in [-0.4, -0.2) is 43.6 Å². The highest BCUT2D eigenvalue weighted by molar-refractivity contribution is 5.83. The molecule has 0 amide bonds. The number of aryl methyl sites for hydroxylation is 1. The lowest BCUT2D eigenvalue weighted by Gasteiger charge is -2.23. The molecule has 142 valence electrons. The maximum atomic E-state index is 5.44. The third-order valence-electron chi connectivity index (χ3n) is 4.75. The van der Waals surface area contributed by atoms with Crippen molar-refractivity contribution in [3.63, 3.8) is 0 Å². The van der Waals surface area contributed by atoms with Gasteiger partial charge in [-0.1, -0.05) is 36.4 Å². The molecular weight excluding hydrogens is 336 g/mol. The highest BCUT2D eigenvalue weighted by Crippen LogP contribution is 2.19. The fraction of sp³-hybridized carbons (Fsp3) is 0.318. The summed E-state index contributed by atoms with van der Waals surface area (Å²) < 4.78 is 5.44. The molecule has 5 nitrogen and oxygen atoms in total. The number of aliphatic imine (C=N–C) groups is 1. The Labute approximate surface area is 161 Å². The van der Waals surface area contributed by atoms with Crippen molar-refractivity contribution < 1.29 is 4.74 Å². The standard InChI is InChI=1S/C22H28N4O/c1-23-22(26(2)16-18-9-4-7-13-21(18)27-3)24-14-8-10-17-15-25-20-12-6-5-11-19(17)20/h4-7,9,11-13,15,25H,8,10,14,16H2,1-3H3,(H,23,24). The zero-order valence-electron chi connectivity index (χ0n) is 16.3. The molecule has 1 aromatic heterocycles. The second-order valence-corrected chi connectivity index (χ2v) is 6.60. The minimum absolute atomic E-state index is 0.742. The van der Waals surface area contributed by atoms with Gasteiger partial charge in [-0.25, -0.2) is 0 Å². The van der Waals surface area contributed by atoms with Crippen molar-refractivity contribution >= 4 is 16.9 Å². The Balaban J connectivity index is 1.51. The first kappa shape index (κ1) is 18.8. The Morgan fingerprint density at radius 2 is 1.89 bits per heavy atom. The first-order valence-electron chi connectivity index (χ1n) is 9.31.